The van der Waals surface area contributed by atoms with Crippen molar-refractivity contribution in [3.8, 4) is 6.07 Å². The fraction of sp³-hybridized carbons (Fsp3) is 0.364. The molecule has 0 fully saturated rings. The van der Waals surface area contributed by atoms with E-state index < -0.39 is 40.7 Å². The number of hydrogen-bond donors (Lipinski definition) is 0. The first-order valence-corrected chi connectivity index (χ1v) is 5.42. The molecule has 1 aromatic heterocycles. The van der Waals surface area contributed by atoms with Crippen molar-refractivity contribution in [2.45, 2.75) is 19.8 Å². The number of pyridine rings is 1. The van der Waals surface area contributed by atoms with Crippen molar-refractivity contribution in [3.63, 3.8) is 0 Å². The highest BCUT2D eigenvalue weighted by Crippen LogP contribution is 2.28. The van der Waals surface area contributed by atoms with Crippen LogP contribution in [0, 0.1) is 21.4 Å². The van der Waals surface area contributed by atoms with E-state index in [9.17, 15) is 23.7 Å². The van der Waals surface area contributed by atoms with Crippen molar-refractivity contribution in [2.75, 3.05) is 6.61 Å². The average molecular weight is 285 g/mol. The molecule has 1 aromatic rings. The highest BCUT2D eigenvalue weighted by atomic mass is 19.3. The van der Waals surface area contributed by atoms with Gasteiger partial charge in [-0.05, 0) is 22.9 Å². The van der Waals surface area contributed by atoms with Crippen LogP contribution < -0.4 is 0 Å². The van der Waals surface area contributed by atoms with Gasteiger partial charge in [0.2, 0.25) is 0 Å². The third kappa shape index (κ3) is 3.44. The smallest absolute Gasteiger partial charge is 0.382 e. The van der Waals surface area contributed by atoms with Gasteiger partial charge in [0.1, 0.15) is 12.5 Å². The number of alkyl halides is 2. The van der Waals surface area contributed by atoms with E-state index in [0.29, 0.717) is 0 Å². The Bertz CT molecular complexity index is 584. The Morgan fingerprint density at radius 3 is 2.75 bits per heavy atom. The van der Waals surface area contributed by atoms with E-state index in [2.05, 4.69) is 9.72 Å². The molecule has 1 heterocycles. The van der Waals surface area contributed by atoms with E-state index in [4.69, 9.17) is 5.26 Å². The molecule has 106 valence electrons. The number of ether oxygens (including phenoxy) is 1. The Labute approximate surface area is 111 Å². The molecule has 7 nitrogen and oxygen atoms in total. The molecule has 0 aromatic carbocycles. The van der Waals surface area contributed by atoms with Crippen molar-refractivity contribution < 1.29 is 23.2 Å². The monoisotopic (exact) mass is 285 g/mol. The molecule has 0 aliphatic heterocycles. The molecule has 20 heavy (non-hydrogen) atoms. The van der Waals surface area contributed by atoms with E-state index >= 15 is 0 Å². The van der Waals surface area contributed by atoms with Crippen LogP contribution in [-0.2, 0) is 16.0 Å². The predicted molar refractivity (Wildman–Crippen MR) is 60.9 cm³/mol. The third-order valence-corrected chi connectivity index (χ3v) is 2.23. The van der Waals surface area contributed by atoms with Gasteiger partial charge in [-0.25, -0.2) is 8.78 Å². The summed E-state index contributed by atoms with van der Waals surface area (Å²) >= 11 is 0. The number of esters is 1. The molecule has 0 saturated carbocycles. The fourth-order valence-electron chi connectivity index (χ4n) is 1.47. The van der Waals surface area contributed by atoms with Crippen LogP contribution in [0.2, 0.25) is 0 Å². The fourth-order valence-corrected chi connectivity index (χ4v) is 1.47. The normalized spacial score (nSPS) is 10.2. The lowest BCUT2D eigenvalue weighted by atomic mass is 10.1. The molecular weight excluding hydrogens is 276 g/mol. The summed E-state index contributed by atoms with van der Waals surface area (Å²) in [5.74, 6) is -1.75. The number of halogens is 2. The quantitative estimate of drug-likeness (QED) is 0.464. The molecule has 9 heteroatoms. The Morgan fingerprint density at radius 1 is 1.65 bits per heavy atom. The van der Waals surface area contributed by atoms with Crippen molar-refractivity contribution in [1.29, 1.82) is 5.26 Å². The minimum Gasteiger partial charge on any atom is -0.466 e. The summed E-state index contributed by atoms with van der Waals surface area (Å²) in [5, 5.41) is 19.5. The summed E-state index contributed by atoms with van der Waals surface area (Å²) in [6.07, 6.45) is -3.58. The van der Waals surface area contributed by atoms with E-state index in [-0.39, 0.29) is 12.3 Å². The molecule has 0 spiro atoms. The van der Waals surface area contributed by atoms with E-state index in [0.717, 1.165) is 6.07 Å². The molecule has 0 N–H and O–H groups in total. The maximum Gasteiger partial charge on any atom is 0.382 e. The average Bonchev–Trinajstić information content (AvgIpc) is 2.37. The first-order valence-electron chi connectivity index (χ1n) is 5.42. The van der Waals surface area contributed by atoms with Crippen LogP contribution in [0.15, 0.2) is 6.07 Å². The third-order valence-electron chi connectivity index (χ3n) is 2.23. The lowest BCUT2D eigenvalue weighted by molar-refractivity contribution is -0.390. The maximum atomic E-state index is 12.8. The summed E-state index contributed by atoms with van der Waals surface area (Å²) in [5.41, 5.74) is -1.88. The van der Waals surface area contributed by atoms with Gasteiger partial charge in [0.25, 0.3) is 6.43 Å². The van der Waals surface area contributed by atoms with Crippen molar-refractivity contribution in [3.05, 3.63) is 33.0 Å². The second kappa shape index (κ2) is 6.51. The Kier molecular flexibility index (Phi) is 5.02. The van der Waals surface area contributed by atoms with E-state index in [1.54, 1.807) is 6.92 Å². The molecule has 0 aliphatic rings. The first kappa shape index (κ1) is 15.4. The molecular formula is C11H9F2N3O4. The van der Waals surface area contributed by atoms with Crippen LogP contribution in [0.3, 0.4) is 0 Å². The summed E-state index contributed by atoms with van der Waals surface area (Å²) in [6, 6.07) is 2.13. The molecule has 0 atom stereocenters. The van der Waals surface area contributed by atoms with Gasteiger partial charge in [-0.3, -0.25) is 4.79 Å². The number of aromatic nitrogens is 1. The number of hydrogen-bond acceptors (Lipinski definition) is 6. The second-order valence-electron chi connectivity index (χ2n) is 3.55. The Morgan fingerprint density at radius 2 is 2.30 bits per heavy atom. The van der Waals surface area contributed by atoms with Crippen LogP contribution in [0.25, 0.3) is 0 Å². The van der Waals surface area contributed by atoms with Crippen LogP contribution >= 0.6 is 0 Å². The second-order valence-corrected chi connectivity index (χ2v) is 3.55. The molecule has 0 aliphatic carbocycles. The van der Waals surface area contributed by atoms with Gasteiger partial charge >= 0.3 is 11.8 Å². The number of carbonyl (C=O) groups is 1. The zero-order valence-corrected chi connectivity index (χ0v) is 10.3. The largest absolute Gasteiger partial charge is 0.466 e. The minimum absolute atomic E-state index is 0.0823. The highest BCUT2D eigenvalue weighted by Gasteiger charge is 2.27. The van der Waals surface area contributed by atoms with Crippen molar-refractivity contribution in [1.82, 2.24) is 4.98 Å². The number of nitriles is 1. The number of nitrogens with zero attached hydrogens (tertiary/aromatic N) is 3. The minimum atomic E-state index is -3.09. The maximum absolute atomic E-state index is 12.8. The van der Waals surface area contributed by atoms with Crippen LogP contribution in [0.1, 0.15) is 30.2 Å². The van der Waals surface area contributed by atoms with Gasteiger partial charge in [0.05, 0.1) is 6.61 Å². The Hall–Kier alpha value is -2.63. The van der Waals surface area contributed by atoms with Crippen molar-refractivity contribution >= 4 is 11.8 Å². The standard InChI is InChI=1S/C11H9F2N3O4/c1-2-20-9(17)4-6-3-7(10(12)13)8(5-14)11(15-6)16(18)19/h3,10H,2,4H2,1H3. The molecule has 0 unspecified atom stereocenters. The molecule has 0 radical (unpaired) electrons. The Balaban J connectivity index is 3.32. The number of carbonyl (C=O) groups excluding carboxylic acids is 1. The highest BCUT2D eigenvalue weighted by molar-refractivity contribution is 5.72. The van der Waals surface area contributed by atoms with E-state index in [1.165, 1.54) is 6.07 Å². The van der Waals surface area contributed by atoms with Gasteiger partial charge in [0, 0.05) is 5.56 Å². The van der Waals surface area contributed by atoms with Gasteiger partial charge in [-0.2, -0.15) is 5.26 Å². The summed E-state index contributed by atoms with van der Waals surface area (Å²) in [7, 11) is 0. The van der Waals surface area contributed by atoms with Crippen LogP contribution in [0.5, 0.6) is 0 Å². The molecule has 0 saturated heterocycles. The predicted octanol–water partition coefficient (Wildman–Crippen LogP) is 1.90. The van der Waals surface area contributed by atoms with Crippen LogP contribution in [0.4, 0.5) is 14.6 Å². The number of rotatable bonds is 5. The summed E-state index contributed by atoms with van der Waals surface area (Å²) < 4.78 is 30.2. The summed E-state index contributed by atoms with van der Waals surface area (Å²) in [6.45, 7) is 1.63. The van der Waals surface area contributed by atoms with E-state index in [1.807, 2.05) is 0 Å². The number of nitro groups is 1. The van der Waals surface area contributed by atoms with Gasteiger partial charge in [-0.1, -0.05) is 0 Å². The zero-order valence-electron chi connectivity index (χ0n) is 10.3. The molecule has 0 bridgehead atoms. The zero-order chi connectivity index (χ0) is 15.3. The van der Waals surface area contributed by atoms with Gasteiger partial charge < -0.3 is 14.9 Å². The van der Waals surface area contributed by atoms with Crippen molar-refractivity contribution in [2.24, 2.45) is 0 Å². The topological polar surface area (TPSA) is 106 Å². The lowest BCUT2D eigenvalue weighted by Crippen LogP contribution is -2.11. The lowest BCUT2D eigenvalue weighted by Gasteiger charge is -2.05. The van der Waals surface area contributed by atoms with Crippen LogP contribution in [-0.4, -0.2) is 22.5 Å². The SMILES string of the molecule is CCOC(=O)Cc1cc(C(F)F)c(C#N)c([N+](=O)[O-])n1. The molecule has 0 amide bonds. The summed E-state index contributed by atoms with van der Waals surface area (Å²) in [4.78, 5) is 24.4. The molecule has 1 rings (SSSR count). The van der Waals surface area contributed by atoms with Gasteiger partial charge in [0.15, 0.2) is 11.3 Å². The van der Waals surface area contributed by atoms with Gasteiger partial charge in [-0.15, -0.1) is 0 Å². The first-order chi connectivity index (χ1) is 9.40.